The number of anilines is 1. The zero-order valence-electron chi connectivity index (χ0n) is 14.8. The monoisotopic (exact) mass is 371 g/mol. The number of rotatable bonds is 5. The molecule has 1 aliphatic heterocycles. The molecule has 0 aliphatic carbocycles. The maximum atomic E-state index is 5.68. The van der Waals surface area contributed by atoms with Crippen LogP contribution in [0.25, 0.3) is 22.2 Å². The van der Waals surface area contributed by atoms with E-state index in [1.807, 2.05) is 43.5 Å². The summed E-state index contributed by atoms with van der Waals surface area (Å²) in [7, 11) is 0. The Balaban J connectivity index is 1.50. The van der Waals surface area contributed by atoms with Crippen LogP contribution in [0.15, 0.2) is 34.2 Å². The Bertz CT molecular complexity index is 853. The number of benzene rings is 1. The van der Waals surface area contributed by atoms with Gasteiger partial charge in [0.25, 0.3) is 11.8 Å². The van der Waals surface area contributed by atoms with E-state index in [-0.39, 0.29) is 6.10 Å². The molecule has 0 bridgehead atoms. The Morgan fingerprint density at radius 3 is 2.65 bits per heavy atom. The van der Waals surface area contributed by atoms with E-state index >= 15 is 0 Å². The summed E-state index contributed by atoms with van der Waals surface area (Å²) in [5.74, 6) is 1.95. The third-order valence-corrected chi connectivity index (χ3v) is 4.90. The van der Waals surface area contributed by atoms with Crippen LogP contribution in [-0.2, 0) is 0 Å². The van der Waals surface area contributed by atoms with Gasteiger partial charge in [-0.3, -0.25) is 0 Å². The molecule has 1 aromatic carbocycles. The smallest absolute Gasteiger partial charge is 0.279 e. The lowest BCUT2D eigenvalue weighted by atomic mass is 10.2. The van der Waals surface area contributed by atoms with Crippen LogP contribution in [0.1, 0.15) is 13.8 Å². The Morgan fingerprint density at radius 2 is 1.92 bits per heavy atom. The lowest BCUT2D eigenvalue weighted by molar-refractivity contribution is 0.242. The number of piperazine rings is 1. The normalized spacial score (nSPS) is 14.8. The van der Waals surface area contributed by atoms with Crippen LogP contribution in [-0.4, -0.2) is 47.4 Å². The zero-order valence-corrected chi connectivity index (χ0v) is 15.6. The molecule has 3 heterocycles. The van der Waals surface area contributed by atoms with Crippen molar-refractivity contribution in [2.75, 3.05) is 31.1 Å². The van der Waals surface area contributed by atoms with Crippen LogP contribution in [0.5, 0.6) is 5.75 Å². The number of thiazole rings is 1. The highest BCUT2D eigenvalue weighted by Gasteiger charge is 2.19. The lowest BCUT2D eigenvalue weighted by Crippen LogP contribution is -2.44. The van der Waals surface area contributed by atoms with Gasteiger partial charge in [0.1, 0.15) is 16.5 Å². The van der Waals surface area contributed by atoms with Gasteiger partial charge in [0.15, 0.2) is 0 Å². The third kappa shape index (κ3) is 3.71. The third-order valence-electron chi connectivity index (χ3n) is 4.01. The molecule has 0 saturated carbocycles. The molecule has 0 atom stereocenters. The van der Waals surface area contributed by atoms with E-state index in [0.717, 1.165) is 42.5 Å². The fourth-order valence-corrected chi connectivity index (χ4v) is 3.57. The fourth-order valence-electron chi connectivity index (χ4n) is 2.77. The predicted molar refractivity (Wildman–Crippen MR) is 102 cm³/mol. The SMILES string of the molecule is CC(C)Oc1ccc(-c2nc(-c3nc(N4CCNCC4)no3)cs2)cc1. The highest BCUT2D eigenvalue weighted by atomic mass is 32.1. The van der Waals surface area contributed by atoms with Crippen molar-refractivity contribution < 1.29 is 9.26 Å². The van der Waals surface area contributed by atoms with Crippen LogP contribution >= 0.6 is 11.3 Å². The molecular formula is C18H21N5O2S. The second-order valence-electron chi connectivity index (χ2n) is 6.37. The van der Waals surface area contributed by atoms with Gasteiger partial charge in [0.05, 0.1) is 6.10 Å². The predicted octanol–water partition coefficient (Wildman–Crippen LogP) is 3.06. The molecule has 4 rings (SSSR count). The van der Waals surface area contributed by atoms with E-state index in [9.17, 15) is 0 Å². The van der Waals surface area contributed by atoms with Crippen molar-refractivity contribution in [3.63, 3.8) is 0 Å². The number of nitrogens with one attached hydrogen (secondary N) is 1. The molecular weight excluding hydrogens is 350 g/mol. The van der Waals surface area contributed by atoms with Gasteiger partial charge in [-0.1, -0.05) is 0 Å². The summed E-state index contributed by atoms with van der Waals surface area (Å²) in [4.78, 5) is 11.3. The van der Waals surface area contributed by atoms with Gasteiger partial charge in [0, 0.05) is 37.1 Å². The van der Waals surface area contributed by atoms with Gasteiger partial charge in [-0.05, 0) is 43.3 Å². The number of hydrogen-bond donors (Lipinski definition) is 1. The van der Waals surface area contributed by atoms with Crippen molar-refractivity contribution in [2.24, 2.45) is 0 Å². The van der Waals surface area contributed by atoms with Crippen molar-refractivity contribution in [3.8, 4) is 27.9 Å². The van der Waals surface area contributed by atoms with Gasteiger partial charge in [-0.25, -0.2) is 4.98 Å². The molecule has 2 aromatic heterocycles. The van der Waals surface area contributed by atoms with Crippen LogP contribution in [0, 0.1) is 0 Å². The number of ether oxygens (including phenoxy) is 1. The number of hydrogen-bond acceptors (Lipinski definition) is 8. The summed E-state index contributed by atoms with van der Waals surface area (Å²) < 4.78 is 11.1. The molecule has 1 saturated heterocycles. The Hall–Kier alpha value is -2.45. The van der Waals surface area contributed by atoms with E-state index in [4.69, 9.17) is 9.26 Å². The van der Waals surface area contributed by atoms with Gasteiger partial charge in [-0.2, -0.15) is 4.98 Å². The maximum absolute atomic E-state index is 5.68. The molecule has 0 spiro atoms. The Labute approximate surface area is 156 Å². The average Bonchev–Trinajstić information content (AvgIpc) is 3.32. The van der Waals surface area contributed by atoms with Crippen molar-refractivity contribution >= 4 is 17.3 Å². The first-order chi connectivity index (χ1) is 12.7. The average molecular weight is 371 g/mol. The molecule has 3 aromatic rings. The number of nitrogens with zero attached hydrogens (tertiary/aromatic N) is 4. The first kappa shape index (κ1) is 17.0. The molecule has 0 radical (unpaired) electrons. The van der Waals surface area contributed by atoms with Crippen LogP contribution in [0.2, 0.25) is 0 Å². The maximum Gasteiger partial charge on any atom is 0.279 e. The largest absolute Gasteiger partial charge is 0.491 e. The minimum Gasteiger partial charge on any atom is -0.491 e. The molecule has 26 heavy (non-hydrogen) atoms. The summed E-state index contributed by atoms with van der Waals surface area (Å²) in [6, 6.07) is 7.96. The van der Waals surface area contributed by atoms with Crippen LogP contribution in [0.3, 0.4) is 0 Å². The first-order valence-electron chi connectivity index (χ1n) is 8.71. The highest BCUT2D eigenvalue weighted by molar-refractivity contribution is 7.13. The van der Waals surface area contributed by atoms with E-state index in [1.54, 1.807) is 11.3 Å². The second kappa shape index (κ2) is 7.43. The van der Waals surface area contributed by atoms with E-state index in [0.29, 0.717) is 17.5 Å². The minimum absolute atomic E-state index is 0.162. The van der Waals surface area contributed by atoms with Crippen molar-refractivity contribution in [3.05, 3.63) is 29.6 Å². The van der Waals surface area contributed by atoms with E-state index in [1.165, 1.54) is 0 Å². The molecule has 8 heteroatoms. The molecule has 0 amide bonds. The topological polar surface area (TPSA) is 76.3 Å². The van der Waals surface area contributed by atoms with Crippen LogP contribution in [0.4, 0.5) is 5.95 Å². The fraction of sp³-hybridized carbons (Fsp3) is 0.389. The summed E-state index contributed by atoms with van der Waals surface area (Å²) in [6.45, 7) is 7.65. The van der Waals surface area contributed by atoms with E-state index in [2.05, 4.69) is 25.3 Å². The molecule has 136 valence electrons. The van der Waals surface area contributed by atoms with Gasteiger partial charge in [0.2, 0.25) is 0 Å². The molecule has 1 aliphatic rings. The summed E-state index contributed by atoms with van der Waals surface area (Å²) in [5.41, 5.74) is 1.75. The standard InChI is InChI=1S/C18H21N5O2S/c1-12(2)24-14-5-3-13(4-6-14)17-20-15(11-26-17)16-21-18(22-25-16)23-9-7-19-8-10-23/h3-6,11-12,19H,7-10H2,1-2H3. The summed E-state index contributed by atoms with van der Waals surface area (Å²) in [5, 5.41) is 10.3. The van der Waals surface area contributed by atoms with Gasteiger partial charge >= 0.3 is 0 Å². The summed E-state index contributed by atoms with van der Waals surface area (Å²) in [6.07, 6.45) is 0.162. The first-order valence-corrected chi connectivity index (χ1v) is 9.59. The van der Waals surface area contributed by atoms with Crippen molar-refractivity contribution in [1.29, 1.82) is 0 Å². The Morgan fingerprint density at radius 1 is 1.15 bits per heavy atom. The minimum atomic E-state index is 0.162. The molecule has 7 nitrogen and oxygen atoms in total. The number of aromatic nitrogens is 3. The van der Waals surface area contributed by atoms with Gasteiger partial charge < -0.3 is 19.5 Å². The summed E-state index contributed by atoms with van der Waals surface area (Å²) >= 11 is 1.56. The van der Waals surface area contributed by atoms with Crippen molar-refractivity contribution in [1.82, 2.24) is 20.4 Å². The molecule has 1 fully saturated rings. The lowest BCUT2D eigenvalue weighted by Gasteiger charge is -2.25. The zero-order chi connectivity index (χ0) is 17.9. The van der Waals surface area contributed by atoms with Crippen molar-refractivity contribution in [2.45, 2.75) is 20.0 Å². The Kier molecular flexibility index (Phi) is 4.85. The van der Waals surface area contributed by atoms with Crippen LogP contribution < -0.4 is 15.0 Å². The second-order valence-corrected chi connectivity index (χ2v) is 7.22. The molecule has 0 unspecified atom stereocenters. The van der Waals surface area contributed by atoms with Gasteiger partial charge in [-0.15, -0.1) is 11.3 Å². The highest BCUT2D eigenvalue weighted by Crippen LogP contribution is 2.30. The van der Waals surface area contributed by atoms with E-state index < -0.39 is 0 Å². The quantitative estimate of drug-likeness (QED) is 0.738. The molecule has 1 N–H and O–H groups in total.